The molecular weight excluding hydrogens is 230 g/mol. The van der Waals surface area contributed by atoms with Crippen LogP contribution in [0.1, 0.15) is 19.8 Å². The topological polar surface area (TPSA) is 153 Å². The third kappa shape index (κ3) is 6.25. The largest absolute Gasteiger partial charge is 0.481 e. The number of hydrogen-bond acceptors (Lipinski definition) is 5. The van der Waals surface area contributed by atoms with Gasteiger partial charge >= 0.3 is 5.97 Å². The molecule has 6 N–H and O–H groups in total. The number of amides is 2. The Bertz CT molecular complexity index is 342. The standard InChI is InChI=1S/C9H15N3O5/c1-4(13)6(3-8(15)16)12-9(17)5(10)2-7(11)14/h5-6H,2-3,10H2,1H3,(H2,11,14)(H,12,17)(H,15,16). The first-order valence-corrected chi connectivity index (χ1v) is 4.80. The highest BCUT2D eigenvalue weighted by atomic mass is 16.4. The lowest BCUT2D eigenvalue weighted by atomic mass is 10.1. The zero-order valence-corrected chi connectivity index (χ0v) is 9.30. The highest BCUT2D eigenvalue weighted by molar-refractivity contribution is 5.93. The maximum Gasteiger partial charge on any atom is 0.305 e. The number of ketones is 1. The van der Waals surface area contributed by atoms with E-state index in [1.165, 1.54) is 0 Å². The number of carboxylic acid groups (broad SMARTS) is 1. The molecule has 8 nitrogen and oxygen atoms in total. The first-order chi connectivity index (χ1) is 7.73. The van der Waals surface area contributed by atoms with Crippen LogP contribution in [-0.4, -0.2) is 40.8 Å². The van der Waals surface area contributed by atoms with E-state index in [0.717, 1.165) is 6.92 Å². The summed E-state index contributed by atoms with van der Waals surface area (Å²) in [7, 11) is 0. The number of Topliss-reactive ketones (excluding diaryl/α,β-unsaturated/α-hetero) is 1. The Morgan fingerprint density at radius 3 is 2.12 bits per heavy atom. The molecule has 0 saturated heterocycles. The van der Waals surface area contributed by atoms with Crippen LogP contribution in [0.5, 0.6) is 0 Å². The fourth-order valence-electron chi connectivity index (χ4n) is 1.06. The SMILES string of the molecule is CC(=O)C(CC(=O)O)NC(=O)C(N)CC(N)=O. The van der Waals surface area contributed by atoms with E-state index in [-0.39, 0.29) is 6.42 Å². The summed E-state index contributed by atoms with van der Waals surface area (Å²) in [4.78, 5) is 43.4. The number of rotatable bonds is 7. The van der Waals surface area contributed by atoms with Crippen molar-refractivity contribution in [1.29, 1.82) is 0 Å². The van der Waals surface area contributed by atoms with Gasteiger partial charge in [0.05, 0.1) is 24.9 Å². The van der Waals surface area contributed by atoms with E-state index in [1.54, 1.807) is 0 Å². The number of primary amides is 1. The molecule has 0 aromatic rings. The summed E-state index contributed by atoms with van der Waals surface area (Å²) in [5, 5.41) is 10.7. The molecule has 0 saturated carbocycles. The summed E-state index contributed by atoms with van der Waals surface area (Å²) in [6.07, 6.45) is -0.909. The Morgan fingerprint density at radius 1 is 1.24 bits per heavy atom. The minimum absolute atomic E-state index is 0.371. The van der Waals surface area contributed by atoms with Crippen LogP contribution in [0.25, 0.3) is 0 Å². The Kier molecular flexibility index (Phi) is 5.83. The van der Waals surface area contributed by atoms with Crippen molar-refractivity contribution in [2.45, 2.75) is 31.8 Å². The summed E-state index contributed by atoms with van der Waals surface area (Å²) in [6, 6.07) is -2.35. The molecule has 0 aromatic carbocycles. The second-order valence-electron chi connectivity index (χ2n) is 3.55. The zero-order valence-electron chi connectivity index (χ0n) is 9.30. The fourth-order valence-corrected chi connectivity index (χ4v) is 1.06. The van der Waals surface area contributed by atoms with Crippen LogP contribution < -0.4 is 16.8 Å². The molecule has 0 spiro atoms. The monoisotopic (exact) mass is 245 g/mol. The molecule has 0 aliphatic carbocycles. The van der Waals surface area contributed by atoms with Gasteiger partial charge in [-0.3, -0.25) is 19.2 Å². The summed E-state index contributed by atoms with van der Waals surface area (Å²) < 4.78 is 0. The van der Waals surface area contributed by atoms with E-state index in [4.69, 9.17) is 16.6 Å². The maximum atomic E-state index is 11.4. The van der Waals surface area contributed by atoms with Crippen molar-refractivity contribution in [2.75, 3.05) is 0 Å². The number of carbonyl (C=O) groups is 4. The number of nitrogens with one attached hydrogen (secondary N) is 1. The fraction of sp³-hybridized carbons (Fsp3) is 0.556. The van der Waals surface area contributed by atoms with Gasteiger partial charge in [-0.15, -0.1) is 0 Å². The van der Waals surface area contributed by atoms with Crippen LogP contribution in [0.2, 0.25) is 0 Å². The normalized spacial score (nSPS) is 13.5. The molecule has 0 radical (unpaired) electrons. The Morgan fingerprint density at radius 2 is 1.76 bits per heavy atom. The van der Waals surface area contributed by atoms with E-state index < -0.39 is 42.1 Å². The van der Waals surface area contributed by atoms with Gasteiger partial charge in [-0.1, -0.05) is 0 Å². The first kappa shape index (κ1) is 15.0. The summed E-state index contributed by atoms with van der Waals surface area (Å²) >= 11 is 0. The van der Waals surface area contributed by atoms with E-state index in [1.807, 2.05) is 0 Å². The van der Waals surface area contributed by atoms with Crippen LogP contribution in [0.15, 0.2) is 0 Å². The van der Waals surface area contributed by atoms with Gasteiger partial charge in [-0.05, 0) is 6.92 Å². The molecule has 0 rings (SSSR count). The van der Waals surface area contributed by atoms with Crippen molar-refractivity contribution >= 4 is 23.6 Å². The van der Waals surface area contributed by atoms with Crippen LogP contribution in [0.4, 0.5) is 0 Å². The molecule has 96 valence electrons. The smallest absolute Gasteiger partial charge is 0.305 e. The number of carbonyl (C=O) groups excluding carboxylic acids is 3. The predicted molar refractivity (Wildman–Crippen MR) is 56.7 cm³/mol. The van der Waals surface area contributed by atoms with Crippen molar-refractivity contribution in [3.8, 4) is 0 Å². The van der Waals surface area contributed by atoms with E-state index in [2.05, 4.69) is 5.32 Å². The van der Waals surface area contributed by atoms with Crippen molar-refractivity contribution in [2.24, 2.45) is 11.5 Å². The number of hydrogen-bond donors (Lipinski definition) is 4. The zero-order chi connectivity index (χ0) is 13.6. The molecule has 8 heteroatoms. The van der Waals surface area contributed by atoms with Crippen molar-refractivity contribution in [1.82, 2.24) is 5.32 Å². The summed E-state index contributed by atoms with van der Waals surface area (Å²) in [5.41, 5.74) is 10.2. The Hall–Kier alpha value is -1.96. The van der Waals surface area contributed by atoms with Crippen molar-refractivity contribution in [3.63, 3.8) is 0 Å². The summed E-state index contributed by atoms with van der Waals surface area (Å²) in [6.45, 7) is 1.15. The average molecular weight is 245 g/mol. The number of carboxylic acids is 1. The quantitative estimate of drug-likeness (QED) is 0.397. The van der Waals surface area contributed by atoms with Gasteiger partial charge in [0.1, 0.15) is 0 Å². The van der Waals surface area contributed by atoms with Crippen LogP contribution >= 0.6 is 0 Å². The van der Waals surface area contributed by atoms with E-state index in [9.17, 15) is 19.2 Å². The van der Waals surface area contributed by atoms with Gasteiger partial charge in [0, 0.05) is 0 Å². The van der Waals surface area contributed by atoms with Gasteiger partial charge < -0.3 is 21.9 Å². The molecule has 2 amide bonds. The number of aliphatic carboxylic acids is 1. The lowest BCUT2D eigenvalue weighted by molar-refractivity contribution is -0.140. The van der Waals surface area contributed by atoms with Gasteiger partial charge in [-0.2, -0.15) is 0 Å². The van der Waals surface area contributed by atoms with Crippen LogP contribution in [0, 0.1) is 0 Å². The maximum absolute atomic E-state index is 11.4. The molecule has 0 aliphatic heterocycles. The Labute approximate surface area is 97.3 Å². The minimum Gasteiger partial charge on any atom is -0.481 e. The summed E-state index contributed by atoms with van der Waals surface area (Å²) in [5.74, 6) is -3.28. The lowest BCUT2D eigenvalue weighted by Gasteiger charge is -2.16. The van der Waals surface area contributed by atoms with E-state index >= 15 is 0 Å². The van der Waals surface area contributed by atoms with Gasteiger partial charge in [-0.25, -0.2) is 0 Å². The first-order valence-electron chi connectivity index (χ1n) is 4.80. The second kappa shape index (κ2) is 6.59. The molecule has 2 atom stereocenters. The van der Waals surface area contributed by atoms with Crippen molar-refractivity contribution in [3.05, 3.63) is 0 Å². The van der Waals surface area contributed by atoms with Crippen LogP contribution in [0.3, 0.4) is 0 Å². The molecule has 0 aliphatic rings. The predicted octanol–water partition coefficient (Wildman–Crippen LogP) is -2.26. The molecule has 0 fully saturated rings. The molecule has 17 heavy (non-hydrogen) atoms. The molecule has 0 aromatic heterocycles. The highest BCUT2D eigenvalue weighted by Gasteiger charge is 2.24. The Balaban J connectivity index is 4.44. The van der Waals surface area contributed by atoms with E-state index in [0.29, 0.717) is 0 Å². The van der Waals surface area contributed by atoms with Gasteiger partial charge in [0.15, 0.2) is 5.78 Å². The van der Waals surface area contributed by atoms with Crippen LogP contribution in [-0.2, 0) is 19.2 Å². The van der Waals surface area contributed by atoms with Gasteiger partial charge in [0.2, 0.25) is 11.8 Å². The third-order valence-corrected chi connectivity index (χ3v) is 1.94. The van der Waals surface area contributed by atoms with Crippen molar-refractivity contribution < 1.29 is 24.3 Å². The molecular formula is C9H15N3O5. The molecule has 2 unspecified atom stereocenters. The van der Waals surface area contributed by atoms with Gasteiger partial charge in [0.25, 0.3) is 0 Å². The highest BCUT2D eigenvalue weighted by Crippen LogP contribution is 1.96. The lowest BCUT2D eigenvalue weighted by Crippen LogP contribution is -2.49. The molecule has 0 heterocycles. The third-order valence-electron chi connectivity index (χ3n) is 1.94. The second-order valence-corrected chi connectivity index (χ2v) is 3.55. The average Bonchev–Trinajstić information content (AvgIpc) is 2.14. The minimum atomic E-state index is -1.23. The number of nitrogens with two attached hydrogens (primary N) is 2. The molecule has 0 bridgehead atoms.